The van der Waals surface area contributed by atoms with Crippen LogP contribution < -0.4 is 14.2 Å². The molecule has 0 spiro atoms. The third-order valence-electron chi connectivity index (χ3n) is 3.99. The number of cyclic esters (lactones) is 1. The van der Waals surface area contributed by atoms with Gasteiger partial charge < -0.3 is 18.9 Å². The lowest BCUT2D eigenvalue weighted by Crippen LogP contribution is -2.07. The minimum atomic E-state index is -0.506. The van der Waals surface area contributed by atoms with E-state index in [1.165, 1.54) is 0 Å². The van der Waals surface area contributed by atoms with E-state index < -0.39 is 5.97 Å². The summed E-state index contributed by atoms with van der Waals surface area (Å²) in [4.78, 5) is 16.7. The van der Waals surface area contributed by atoms with E-state index in [0.29, 0.717) is 36.0 Å². The quantitative estimate of drug-likeness (QED) is 0.506. The molecule has 0 radical (unpaired) electrons. The normalized spacial score (nSPS) is 14.6. The van der Waals surface area contributed by atoms with Crippen LogP contribution in [0.1, 0.15) is 31.4 Å². The van der Waals surface area contributed by atoms with Gasteiger partial charge in [0, 0.05) is 0 Å². The van der Waals surface area contributed by atoms with Gasteiger partial charge >= 0.3 is 5.97 Å². The summed E-state index contributed by atoms with van der Waals surface area (Å²) >= 11 is 0. The number of nitrogens with zero attached hydrogens (tertiary/aromatic N) is 1. The smallest absolute Gasteiger partial charge is 0.363 e. The first-order chi connectivity index (χ1) is 13.7. The number of benzene rings is 2. The maximum atomic E-state index is 12.3. The maximum Gasteiger partial charge on any atom is 0.363 e. The molecule has 0 fully saturated rings. The van der Waals surface area contributed by atoms with Gasteiger partial charge in [-0.15, -0.1) is 0 Å². The minimum Gasteiger partial charge on any atom is -0.493 e. The predicted molar refractivity (Wildman–Crippen MR) is 107 cm³/mol. The van der Waals surface area contributed by atoms with Crippen molar-refractivity contribution in [3.8, 4) is 17.2 Å². The van der Waals surface area contributed by atoms with E-state index in [2.05, 4.69) is 4.99 Å². The molecule has 0 atom stereocenters. The van der Waals surface area contributed by atoms with Gasteiger partial charge in [0.25, 0.3) is 0 Å². The van der Waals surface area contributed by atoms with Crippen molar-refractivity contribution in [1.82, 2.24) is 0 Å². The number of ether oxygens (including phenoxy) is 4. The van der Waals surface area contributed by atoms with Crippen LogP contribution in [0.25, 0.3) is 6.08 Å². The lowest BCUT2D eigenvalue weighted by Gasteiger charge is -2.10. The summed E-state index contributed by atoms with van der Waals surface area (Å²) in [6.45, 7) is 5.01. The third kappa shape index (κ3) is 4.34. The van der Waals surface area contributed by atoms with E-state index in [1.54, 1.807) is 19.3 Å². The van der Waals surface area contributed by atoms with Crippen LogP contribution in [-0.2, 0) is 9.53 Å². The highest BCUT2D eigenvalue weighted by Crippen LogP contribution is 2.30. The number of carbonyl (C=O) groups is 1. The molecule has 1 heterocycles. The van der Waals surface area contributed by atoms with Crippen LogP contribution in [0.5, 0.6) is 17.2 Å². The van der Waals surface area contributed by atoms with Crippen molar-refractivity contribution in [3.63, 3.8) is 0 Å². The fourth-order valence-electron chi connectivity index (χ4n) is 2.71. The lowest BCUT2D eigenvalue weighted by atomic mass is 10.1. The van der Waals surface area contributed by atoms with Gasteiger partial charge in [0.2, 0.25) is 5.90 Å². The molecule has 28 heavy (non-hydrogen) atoms. The molecule has 6 nitrogen and oxygen atoms in total. The second-order valence-corrected chi connectivity index (χ2v) is 6.02. The molecule has 0 amide bonds. The lowest BCUT2D eigenvalue weighted by molar-refractivity contribution is -0.129. The molecular formula is C22H23NO5. The first kappa shape index (κ1) is 19.5. The van der Waals surface area contributed by atoms with E-state index >= 15 is 0 Å². The highest BCUT2D eigenvalue weighted by molar-refractivity contribution is 6.13. The molecule has 146 valence electrons. The zero-order valence-corrected chi connectivity index (χ0v) is 16.2. The molecule has 0 N–H and O–H groups in total. The van der Waals surface area contributed by atoms with E-state index in [4.69, 9.17) is 18.9 Å². The molecule has 0 unspecified atom stereocenters. The van der Waals surface area contributed by atoms with E-state index in [1.807, 2.05) is 50.2 Å². The zero-order chi connectivity index (χ0) is 19.9. The third-order valence-corrected chi connectivity index (χ3v) is 3.99. The van der Waals surface area contributed by atoms with Crippen LogP contribution in [0, 0.1) is 0 Å². The van der Waals surface area contributed by atoms with Gasteiger partial charge in [0.05, 0.1) is 25.9 Å². The average Bonchev–Trinajstić information content (AvgIpc) is 3.07. The molecule has 1 aliphatic rings. The summed E-state index contributed by atoms with van der Waals surface area (Å²) < 4.78 is 22.0. The highest BCUT2D eigenvalue weighted by atomic mass is 16.6. The summed E-state index contributed by atoms with van der Waals surface area (Å²) in [7, 11) is 1.59. The van der Waals surface area contributed by atoms with Gasteiger partial charge in [0.1, 0.15) is 5.75 Å². The van der Waals surface area contributed by atoms with Gasteiger partial charge in [-0.2, -0.15) is 0 Å². The fraction of sp³-hybridized carbons (Fsp3) is 0.273. The molecular weight excluding hydrogens is 358 g/mol. The SMILES string of the molecule is CCCOc1cc(/C=C2\N=C(c3ccccc3OCC)OC2=O)ccc1OC. The molecule has 1 aliphatic heterocycles. The van der Waals surface area contributed by atoms with Crippen LogP contribution in [0.15, 0.2) is 53.2 Å². The van der Waals surface area contributed by atoms with Crippen molar-refractivity contribution in [2.24, 2.45) is 4.99 Å². The van der Waals surface area contributed by atoms with Crippen LogP contribution in [0.4, 0.5) is 0 Å². The Morgan fingerprint density at radius 3 is 2.61 bits per heavy atom. The molecule has 2 aromatic rings. The molecule has 0 aromatic heterocycles. The van der Waals surface area contributed by atoms with Crippen molar-refractivity contribution in [3.05, 3.63) is 59.3 Å². The van der Waals surface area contributed by atoms with Gasteiger partial charge in [-0.3, -0.25) is 0 Å². The number of aliphatic imine (C=N–C) groups is 1. The van der Waals surface area contributed by atoms with Gasteiger partial charge in [-0.1, -0.05) is 25.1 Å². The van der Waals surface area contributed by atoms with Crippen molar-refractivity contribution < 1.29 is 23.7 Å². The Hall–Kier alpha value is -3.28. The number of para-hydroxylation sites is 1. The monoisotopic (exact) mass is 381 g/mol. The number of esters is 1. The minimum absolute atomic E-state index is 0.216. The van der Waals surface area contributed by atoms with E-state index in [-0.39, 0.29) is 11.6 Å². The first-order valence-corrected chi connectivity index (χ1v) is 9.21. The van der Waals surface area contributed by atoms with Crippen LogP contribution >= 0.6 is 0 Å². The van der Waals surface area contributed by atoms with Crippen LogP contribution in [0.3, 0.4) is 0 Å². The second kappa shape index (κ2) is 9.08. The van der Waals surface area contributed by atoms with E-state index in [0.717, 1.165) is 12.0 Å². The summed E-state index contributed by atoms with van der Waals surface area (Å²) in [6.07, 6.45) is 2.55. The van der Waals surface area contributed by atoms with Gasteiger partial charge in [-0.05, 0) is 49.2 Å². The summed E-state index contributed by atoms with van der Waals surface area (Å²) in [5.41, 5.74) is 1.62. The Balaban J connectivity index is 1.91. The average molecular weight is 381 g/mol. The second-order valence-electron chi connectivity index (χ2n) is 6.02. The topological polar surface area (TPSA) is 66.3 Å². The largest absolute Gasteiger partial charge is 0.493 e. The number of hydrogen-bond acceptors (Lipinski definition) is 6. The standard InChI is InChI=1S/C22H23NO5/c1-4-12-27-20-14-15(10-11-19(20)25-3)13-17-22(24)28-21(23-17)16-8-6-7-9-18(16)26-5-2/h6-11,13-14H,4-5,12H2,1-3H3/b17-13-. The van der Waals surface area contributed by atoms with Crippen molar-refractivity contribution in [2.75, 3.05) is 20.3 Å². The number of hydrogen-bond donors (Lipinski definition) is 0. The summed E-state index contributed by atoms with van der Waals surface area (Å²) in [5.74, 6) is 1.61. The molecule has 0 aliphatic carbocycles. The Morgan fingerprint density at radius 2 is 1.86 bits per heavy atom. The van der Waals surface area contributed by atoms with Gasteiger partial charge in [-0.25, -0.2) is 9.79 Å². The van der Waals surface area contributed by atoms with Gasteiger partial charge in [0.15, 0.2) is 17.2 Å². The number of carbonyl (C=O) groups excluding carboxylic acids is 1. The Labute approximate surface area is 164 Å². The van der Waals surface area contributed by atoms with Crippen molar-refractivity contribution in [1.29, 1.82) is 0 Å². The fourth-order valence-corrected chi connectivity index (χ4v) is 2.71. The number of rotatable bonds is 8. The molecule has 0 saturated carbocycles. The van der Waals surface area contributed by atoms with E-state index in [9.17, 15) is 4.79 Å². The van der Waals surface area contributed by atoms with Crippen molar-refractivity contribution >= 4 is 17.9 Å². The predicted octanol–water partition coefficient (Wildman–Crippen LogP) is 4.23. The Bertz CT molecular complexity index is 917. The van der Waals surface area contributed by atoms with Crippen LogP contribution in [0.2, 0.25) is 0 Å². The Morgan fingerprint density at radius 1 is 1.04 bits per heavy atom. The zero-order valence-electron chi connectivity index (χ0n) is 16.2. The highest BCUT2D eigenvalue weighted by Gasteiger charge is 2.26. The molecule has 6 heteroatoms. The summed E-state index contributed by atoms with van der Waals surface area (Å²) in [5, 5.41) is 0. The molecule has 0 saturated heterocycles. The molecule has 0 bridgehead atoms. The Kier molecular flexibility index (Phi) is 6.32. The molecule has 2 aromatic carbocycles. The van der Waals surface area contributed by atoms with Crippen molar-refractivity contribution in [2.45, 2.75) is 20.3 Å². The number of methoxy groups -OCH3 is 1. The van der Waals surface area contributed by atoms with Crippen LogP contribution in [-0.4, -0.2) is 32.2 Å². The maximum absolute atomic E-state index is 12.3. The summed E-state index contributed by atoms with van der Waals surface area (Å²) in [6, 6.07) is 12.8. The molecule has 3 rings (SSSR count). The first-order valence-electron chi connectivity index (χ1n) is 9.21.